The molecule has 0 aliphatic rings. The van der Waals surface area contributed by atoms with E-state index in [1.807, 2.05) is 78.7 Å². The maximum atomic E-state index is 4.22. The number of hydrogen-bond acceptors (Lipinski definition) is 3. The summed E-state index contributed by atoms with van der Waals surface area (Å²) in [4.78, 5) is 0. The first-order valence-corrected chi connectivity index (χ1v) is 6.75. The summed E-state index contributed by atoms with van der Waals surface area (Å²) in [5, 5.41) is 16.7. The van der Waals surface area contributed by atoms with Crippen molar-refractivity contribution in [3.8, 4) is 0 Å². The first kappa shape index (κ1) is 14.8. The Balaban J connectivity index is 2.22. The van der Waals surface area contributed by atoms with Crippen molar-refractivity contribution in [2.45, 2.75) is 13.3 Å². The Morgan fingerprint density at radius 1 is 1.14 bits per heavy atom. The van der Waals surface area contributed by atoms with Gasteiger partial charge in [0.2, 0.25) is 5.62 Å². The van der Waals surface area contributed by atoms with E-state index < -0.39 is 0 Å². The summed E-state index contributed by atoms with van der Waals surface area (Å²) >= 11 is 0. The molecule has 0 saturated heterocycles. The van der Waals surface area contributed by atoms with Gasteiger partial charge in [0.1, 0.15) is 7.05 Å². The van der Waals surface area contributed by atoms with Crippen molar-refractivity contribution in [1.82, 2.24) is 9.13 Å². The second-order valence-electron chi connectivity index (χ2n) is 4.71. The van der Waals surface area contributed by atoms with Crippen LogP contribution in [0.4, 0.5) is 5.69 Å². The highest BCUT2D eigenvalue weighted by atomic mass is 15.3. The predicted octanol–water partition coefficient (Wildman–Crippen LogP) is 1.60. The number of azo groups is 1. The van der Waals surface area contributed by atoms with E-state index in [1.54, 1.807) is 0 Å². The largest absolute Gasteiger partial charge is 0.319 e. The zero-order chi connectivity index (χ0) is 15.2. The fraction of sp³-hybridized carbons (Fsp3) is 0.357. The van der Waals surface area contributed by atoms with E-state index in [4.69, 9.17) is 0 Å². The summed E-state index contributed by atoms with van der Waals surface area (Å²) in [5.74, 6) is 0.587. The van der Waals surface area contributed by atoms with Gasteiger partial charge in [0.15, 0.2) is 18.2 Å². The van der Waals surface area contributed by atoms with Gasteiger partial charge in [-0.15, -0.1) is 20.4 Å². The van der Waals surface area contributed by atoms with Gasteiger partial charge < -0.3 is 9.13 Å². The van der Waals surface area contributed by atoms with Crippen molar-refractivity contribution in [1.29, 1.82) is 0 Å². The summed E-state index contributed by atoms with van der Waals surface area (Å²) < 4.78 is 5.73. The van der Waals surface area contributed by atoms with E-state index in [9.17, 15) is 0 Å². The number of aromatic nitrogens is 3. The smallest absolute Gasteiger partial charge is 0.229 e. The summed E-state index contributed by atoms with van der Waals surface area (Å²) in [6.07, 6.45) is 8.36. The van der Waals surface area contributed by atoms with Crippen LogP contribution in [0.15, 0.2) is 57.4 Å². The van der Waals surface area contributed by atoms with E-state index in [1.165, 1.54) is 0 Å². The third-order valence-electron chi connectivity index (χ3n) is 2.96. The molecular weight excluding hydrogens is 266 g/mol. The Bertz CT molecular complexity index is 694. The normalized spacial score (nSPS) is 12.1. The number of amidine groups is 1. The highest BCUT2D eigenvalue weighted by Crippen LogP contribution is 2.08. The van der Waals surface area contributed by atoms with Crippen LogP contribution in [0.25, 0.3) is 0 Å². The van der Waals surface area contributed by atoms with Gasteiger partial charge in [-0.25, -0.2) is 4.57 Å². The van der Waals surface area contributed by atoms with Crippen LogP contribution in [0.3, 0.4) is 0 Å². The third kappa shape index (κ3) is 3.95. The minimum atomic E-state index is 0.587. The first-order chi connectivity index (χ1) is 10.1. The van der Waals surface area contributed by atoms with Crippen molar-refractivity contribution >= 4 is 11.5 Å². The standard InChI is InChI=1S/C14H20N7/c1-5-13(16-15-12-6-8-19(2)9-7-12)17-18-14-20(3)10-11-21(14)4/h6-11H,5H2,1-4H3/q+1. The van der Waals surface area contributed by atoms with Gasteiger partial charge in [0.25, 0.3) is 0 Å². The van der Waals surface area contributed by atoms with Gasteiger partial charge in [-0.2, -0.15) is 0 Å². The van der Waals surface area contributed by atoms with Crippen LogP contribution in [0.1, 0.15) is 13.3 Å². The molecule has 2 aromatic rings. The molecule has 0 spiro atoms. The van der Waals surface area contributed by atoms with Crippen LogP contribution >= 0.6 is 0 Å². The first-order valence-electron chi connectivity index (χ1n) is 6.75. The Morgan fingerprint density at radius 2 is 1.76 bits per heavy atom. The molecule has 7 heteroatoms. The Labute approximate surface area is 123 Å². The van der Waals surface area contributed by atoms with E-state index in [0.29, 0.717) is 12.3 Å². The number of imidazole rings is 1. The lowest BCUT2D eigenvalue weighted by Gasteiger charge is -1.94. The lowest BCUT2D eigenvalue weighted by molar-refractivity contribution is -0.671. The average Bonchev–Trinajstić information content (AvgIpc) is 2.80. The van der Waals surface area contributed by atoms with E-state index in [-0.39, 0.29) is 0 Å². The number of nitrogens with zero attached hydrogens (tertiary/aromatic N) is 7. The fourth-order valence-corrected chi connectivity index (χ4v) is 1.66. The average molecular weight is 286 g/mol. The highest BCUT2D eigenvalue weighted by Gasteiger charge is 1.97. The topological polar surface area (TPSA) is 63.2 Å². The molecule has 0 amide bonds. The lowest BCUT2D eigenvalue weighted by Crippen LogP contribution is -2.25. The molecule has 2 heterocycles. The molecule has 0 radical (unpaired) electrons. The second-order valence-corrected chi connectivity index (χ2v) is 4.71. The Kier molecular flexibility index (Phi) is 4.76. The number of rotatable bonds is 3. The predicted molar refractivity (Wildman–Crippen MR) is 79.8 cm³/mol. The van der Waals surface area contributed by atoms with E-state index in [0.717, 1.165) is 11.3 Å². The van der Waals surface area contributed by atoms with Crippen LogP contribution in [0.5, 0.6) is 0 Å². The summed E-state index contributed by atoms with van der Waals surface area (Å²) in [5.41, 5.74) is 1.54. The van der Waals surface area contributed by atoms with Crippen molar-refractivity contribution in [2.75, 3.05) is 0 Å². The van der Waals surface area contributed by atoms with Gasteiger partial charge in [0, 0.05) is 45.0 Å². The molecule has 0 aliphatic carbocycles. The summed E-state index contributed by atoms with van der Waals surface area (Å²) in [6.45, 7) is 1.98. The molecule has 0 aliphatic heterocycles. The summed E-state index contributed by atoms with van der Waals surface area (Å²) in [6, 6.07) is 3.79. The summed E-state index contributed by atoms with van der Waals surface area (Å²) in [7, 11) is 5.80. The number of pyridine rings is 1. The molecule has 0 aromatic carbocycles. The molecule has 0 N–H and O–H groups in total. The zero-order valence-corrected chi connectivity index (χ0v) is 12.8. The van der Waals surface area contributed by atoms with Crippen LogP contribution in [-0.4, -0.2) is 15.0 Å². The molecule has 0 saturated carbocycles. The molecule has 21 heavy (non-hydrogen) atoms. The van der Waals surface area contributed by atoms with Crippen molar-refractivity contribution in [2.24, 2.45) is 41.6 Å². The van der Waals surface area contributed by atoms with E-state index >= 15 is 0 Å². The second kappa shape index (κ2) is 6.74. The Morgan fingerprint density at radius 3 is 2.33 bits per heavy atom. The molecule has 2 aromatic heterocycles. The van der Waals surface area contributed by atoms with Crippen molar-refractivity contribution in [3.63, 3.8) is 0 Å². The van der Waals surface area contributed by atoms with Crippen LogP contribution < -0.4 is 10.2 Å². The van der Waals surface area contributed by atoms with Crippen molar-refractivity contribution in [3.05, 3.63) is 42.5 Å². The SMILES string of the molecule is CC/C(N=Nc1cc[n+](C)cc1)=N\N=c1n(C)ccn1C. The number of aryl methyl sites for hydroxylation is 3. The van der Waals surface area contributed by atoms with Gasteiger partial charge in [0.05, 0.1) is 5.69 Å². The van der Waals surface area contributed by atoms with Crippen LogP contribution in [-0.2, 0) is 21.1 Å². The van der Waals surface area contributed by atoms with Crippen LogP contribution in [0.2, 0.25) is 0 Å². The quantitative estimate of drug-likeness (QED) is 0.270. The van der Waals surface area contributed by atoms with Gasteiger partial charge in [-0.1, -0.05) is 6.92 Å². The minimum absolute atomic E-state index is 0.587. The van der Waals surface area contributed by atoms with Crippen molar-refractivity contribution < 1.29 is 4.57 Å². The monoisotopic (exact) mass is 286 g/mol. The Hall–Kier alpha value is -2.57. The minimum Gasteiger partial charge on any atom is -0.319 e. The van der Waals surface area contributed by atoms with Gasteiger partial charge in [-0.3, -0.25) is 0 Å². The molecule has 110 valence electrons. The molecule has 0 atom stereocenters. The maximum Gasteiger partial charge on any atom is 0.229 e. The fourth-order valence-electron chi connectivity index (χ4n) is 1.66. The molecule has 7 nitrogen and oxygen atoms in total. The maximum absolute atomic E-state index is 4.22. The molecular formula is C14H20N7+. The van der Waals surface area contributed by atoms with E-state index in [2.05, 4.69) is 20.4 Å². The van der Waals surface area contributed by atoms with Gasteiger partial charge in [-0.05, 0) is 0 Å². The van der Waals surface area contributed by atoms with Crippen LogP contribution in [0, 0.1) is 0 Å². The third-order valence-corrected chi connectivity index (χ3v) is 2.96. The molecule has 0 unspecified atom stereocenters. The highest BCUT2D eigenvalue weighted by molar-refractivity contribution is 5.82. The van der Waals surface area contributed by atoms with Gasteiger partial charge >= 0.3 is 0 Å². The number of hydrogen-bond donors (Lipinski definition) is 0. The molecule has 0 bridgehead atoms. The molecule has 0 fully saturated rings. The zero-order valence-electron chi connectivity index (χ0n) is 12.8. The lowest BCUT2D eigenvalue weighted by atomic mass is 10.4. The molecule has 2 rings (SSSR count).